The fourth-order valence-corrected chi connectivity index (χ4v) is 4.14. The molecule has 0 radical (unpaired) electrons. The van der Waals surface area contributed by atoms with E-state index in [4.69, 9.17) is 10.5 Å². The smallest absolute Gasteiger partial charge is 0.220 e. The highest BCUT2D eigenvalue weighted by molar-refractivity contribution is 5.74. The lowest BCUT2D eigenvalue weighted by Crippen LogP contribution is -2.50. The molecule has 0 aromatic carbocycles. The first-order valence-electron chi connectivity index (χ1n) is 7.61. The summed E-state index contributed by atoms with van der Waals surface area (Å²) in [6.07, 6.45) is 5.07. The summed E-state index contributed by atoms with van der Waals surface area (Å²) in [5.74, 6) is -0.287. The Morgan fingerprint density at radius 2 is 2.43 bits per heavy atom. The molecular weight excluding hydrogens is 268 g/mol. The molecule has 2 aliphatic heterocycles. The molecule has 1 aromatic rings. The average Bonchev–Trinajstić information content (AvgIpc) is 3.03. The fraction of sp³-hybridized carbons (Fsp3) is 0.733. The van der Waals surface area contributed by atoms with Gasteiger partial charge in [0.1, 0.15) is 0 Å². The lowest BCUT2D eigenvalue weighted by atomic mass is 9.82. The third-order valence-electron chi connectivity index (χ3n) is 4.77. The third kappa shape index (κ3) is 2.70. The first kappa shape index (κ1) is 14.5. The first-order valence-corrected chi connectivity index (χ1v) is 7.61. The Bertz CT molecular complexity index is 514. The summed E-state index contributed by atoms with van der Waals surface area (Å²) in [6, 6.07) is 2.00. The van der Waals surface area contributed by atoms with Crippen LogP contribution in [0.1, 0.15) is 45.2 Å². The van der Waals surface area contributed by atoms with Crippen LogP contribution in [0.4, 0.5) is 0 Å². The second kappa shape index (κ2) is 5.10. The first-order chi connectivity index (χ1) is 9.91. The van der Waals surface area contributed by atoms with Gasteiger partial charge in [-0.3, -0.25) is 14.8 Å². The number of ether oxygens (including phenoxy) is 1. The Labute approximate surface area is 125 Å². The van der Waals surface area contributed by atoms with Crippen molar-refractivity contribution in [3.63, 3.8) is 0 Å². The number of primary amides is 1. The SMILES string of the molecule is CC1(C)C[C@]2(CCCN2Cc2ccn[nH]2)[C@H](CC(N)=O)O1. The van der Waals surface area contributed by atoms with Crippen LogP contribution in [0.15, 0.2) is 12.3 Å². The number of carbonyl (C=O) groups excluding carboxylic acids is 1. The van der Waals surface area contributed by atoms with E-state index in [1.165, 1.54) is 0 Å². The molecule has 0 aliphatic carbocycles. The van der Waals surface area contributed by atoms with Gasteiger partial charge in [0.15, 0.2) is 0 Å². The van der Waals surface area contributed by atoms with E-state index in [-0.39, 0.29) is 23.2 Å². The predicted octanol–water partition coefficient (Wildman–Crippen LogP) is 1.19. The van der Waals surface area contributed by atoms with E-state index in [9.17, 15) is 4.79 Å². The minimum Gasteiger partial charge on any atom is -0.370 e. The number of carbonyl (C=O) groups is 1. The zero-order valence-electron chi connectivity index (χ0n) is 12.8. The van der Waals surface area contributed by atoms with Gasteiger partial charge >= 0.3 is 0 Å². The summed E-state index contributed by atoms with van der Waals surface area (Å²) in [6.45, 7) is 6.04. The molecule has 6 nitrogen and oxygen atoms in total. The molecule has 0 bridgehead atoms. The molecule has 1 amide bonds. The van der Waals surface area contributed by atoms with Crippen LogP contribution in [0, 0.1) is 0 Å². The molecule has 2 aliphatic rings. The topological polar surface area (TPSA) is 84.2 Å². The van der Waals surface area contributed by atoms with Crippen LogP contribution in [-0.4, -0.2) is 44.8 Å². The average molecular weight is 292 g/mol. The molecule has 2 saturated heterocycles. The summed E-state index contributed by atoms with van der Waals surface area (Å²) >= 11 is 0. The Balaban J connectivity index is 1.86. The lowest BCUT2D eigenvalue weighted by molar-refractivity contribution is -0.123. The van der Waals surface area contributed by atoms with E-state index in [0.717, 1.165) is 38.0 Å². The minimum atomic E-state index is -0.287. The molecule has 6 heteroatoms. The summed E-state index contributed by atoms with van der Waals surface area (Å²) in [5, 5.41) is 7.04. The minimum absolute atomic E-state index is 0.0797. The number of nitrogens with two attached hydrogens (primary N) is 1. The molecule has 1 spiro atoms. The van der Waals surface area contributed by atoms with Gasteiger partial charge in [-0.1, -0.05) is 0 Å². The van der Waals surface area contributed by atoms with Crippen molar-refractivity contribution in [3.8, 4) is 0 Å². The van der Waals surface area contributed by atoms with Crippen molar-refractivity contribution in [1.29, 1.82) is 0 Å². The second-order valence-corrected chi connectivity index (χ2v) is 6.92. The number of hydrogen-bond acceptors (Lipinski definition) is 4. The van der Waals surface area contributed by atoms with E-state index < -0.39 is 0 Å². The van der Waals surface area contributed by atoms with Gasteiger partial charge < -0.3 is 10.5 Å². The highest BCUT2D eigenvalue weighted by Gasteiger charge is 2.56. The number of nitrogens with zero attached hydrogens (tertiary/aromatic N) is 2. The monoisotopic (exact) mass is 292 g/mol. The van der Waals surface area contributed by atoms with Gasteiger partial charge in [0.05, 0.1) is 23.7 Å². The predicted molar refractivity (Wildman–Crippen MR) is 78.3 cm³/mol. The van der Waals surface area contributed by atoms with E-state index in [1.807, 2.05) is 6.07 Å². The van der Waals surface area contributed by atoms with Crippen LogP contribution in [0.5, 0.6) is 0 Å². The van der Waals surface area contributed by atoms with Crippen molar-refractivity contribution in [1.82, 2.24) is 15.1 Å². The number of likely N-dealkylation sites (tertiary alicyclic amines) is 1. The molecule has 3 heterocycles. The number of nitrogens with one attached hydrogen (secondary N) is 1. The Morgan fingerprint density at radius 1 is 1.62 bits per heavy atom. The number of aromatic amines is 1. The molecule has 1 aromatic heterocycles. The van der Waals surface area contributed by atoms with Gasteiger partial charge in [-0.25, -0.2) is 0 Å². The normalized spacial score (nSPS) is 32.0. The molecular formula is C15H24N4O2. The number of hydrogen-bond donors (Lipinski definition) is 2. The molecule has 21 heavy (non-hydrogen) atoms. The van der Waals surface area contributed by atoms with Gasteiger partial charge in [-0.05, 0) is 45.7 Å². The van der Waals surface area contributed by atoms with Crippen molar-refractivity contribution in [2.45, 2.75) is 63.3 Å². The van der Waals surface area contributed by atoms with Gasteiger partial charge in [0, 0.05) is 18.4 Å². The van der Waals surface area contributed by atoms with Gasteiger partial charge in [-0.15, -0.1) is 0 Å². The van der Waals surface area contributed by atoms with Crippen molar-refractivity contribution >= 4 is 5.91 Å². The third-order valence-corrected chi connectivity index (χ3v) is 4.77. The lowest BCUT2D eigenvalue weighted by Gasteiger charge is -2.38. The van der Waals surface area contributed by atoms with Crippen LogP contribution < -0.4 is 5.73 Å². The number of H-pyrrole nitrogens is 1. The standard InChI is InChI=1S/C15H24N4O2/c1-14(2)10-15(12(21-14)8-13(16)20)5-3-7-19(15)9-11-4-6-17-18-11/h4,6,12H,3,5,7-10H2,1-2H3,(H2,16,20)(H,17,18)/t12-,15+/m0/s1. The van der Waals surface area contributed by atoms with E-state index in [1.54, 1.807) is 6.20 Å². The van der Waals surface area contributed by atoms with Gasteiger partial charge in [0.2, 0.25) is 5.91 Å². The maximum atomic E-state index is 11.4. The molecule has 0 saturated carbocycles. The highest BCUT2D eigenvalue weighted by Crippen LogP contribution is 2.49. The zero-order chi connectivity index (χ0) is 15.1. The van der Waals surface area contributed by atoms with Gasteiger partial charge in [-0.2, -0.15) is 5.10 Å². The maximum Gasteiger partial charge on any atom is 0.220 e. The molecule has 2 atom stereocenters. The Hall–Kier alpha value is -1.40. The molecule has 3 rings (SSSR count). The Morgan fingerprint density at radius 3 is 3.10 bits per heavy atom. The van der Waals surface area contributed by atoms with Crippen molar-refractivity contribution < 1.29 is 9.53 Å². The van der Waals surface area contributed by atoms with Crippen molar-refractivity contribution in [2.75, 3.05) is 6.54 Å². The molecule has 2 fully saturated rings. The highest BCUT2D eigenvalue weighted by atomic mass is 16.5. The van der Waals surface area contributed by atoms with Crippen LogP contribution in [-0.2, 0) is 16.1 Å². The molecule has 116 valence electrons. The van der Waals surface area contributed by atoms with E-state index >= 15 is 0 Å². The number of aromatic nitrogens is 2. The fourth-order valence-electron chi connectivity index (χ4n) is 4.14. The van der Waals surface area contributed by atoms with Crippen molar-refractivity contribution in [2.24, 2.45) is 5.73 Å². The molecule has 3 N–H and O–H groups in total. The van der Waals surface area contributed by atoms with Gasteiger partial charge in [0.25, 0.3) is 0 Å². The van der Waals surface area contributed by atoms with Crippen LogP contribution in [0.3, 0.4) is 0 Å². The van der Waals surface area contributed by atoms with E-state index in [2.05, 4.69) is 28.9 Å². The number of rotatable bonds is 4. The van der Waals surface area contributed by atoms with Crippen molar-refractivity contribution in [3.05, 3.63) is 18.0 Å². The summed E-state index contributed by atoms with van der Waals surface area (Å²) < 4.78 is 6.18. The maximum absolute atomic E-state index is 11.4. The quantitative estimate of drug-likeness (QED) is 0.873. The Kier molecular flexibility index (Phi) is 3.53. The zero-order valence-corrected chi connectivity index (χ0v) is 12.8. The van der Waals surface area contributed by atoms with Crippen LogP contribution in [0.2, 0.25) is 0 Å². The van der Waals surface area contributed by atoms with Crippen LogP contribution in [0.25, 0.3) is 0 Å². The van der Waals surface area contributed by atoms with E-state index in [0.29, 0.717) is 6.42 Å². The summed E-state index contributed by atoms with van der Waals surface area (Å²) in [4.78, 5) is 13.9. The molecule has 0 unspecified atom stereocenters. The largest absolute Gasteiger partial charge is 0.370 e. The summed E-state index contributed by atoms with van der Waals surface area (Å²) in [5.41, 5.74) is 6.24. The number of amides is 1. The summed E-state index contributed by atoms with van der Waals surface area (Å²) in [7, 11) is 0. The second-order valence-electron chi connectivity index (χ2n) is 6.92. The van der Waals surface area contributed by atoms with Crippen LogP contribution >= 0.6 is 0 Å².